The number of benzene rings is 1. The summed E-state index contributed by atoms with van der Waals surface area (Å²) < 4.78 is 43.2. The summed E-state index contributed by atoms with van der Waals surface area (Å²) in [6.07, 6.45) is -4.20. The van der Waals surface area contributed by atoms with Crippen LogP contribution >= 0.6 is 0 Å². The van der Waals surface area contributed by atoms with Gasteiger partial charge in [0.15, 0.2) is 0 Å². The van der Waals surface area contributed by atoms with Crippen molar-refractivity contribution in [2.45, 2.75) is 26.1 Å². The van der Waals surface area contributed by atoms with E-state index in [2.05, 4.69) is 0 Å². The van der Waals surface area contributed by atoms with Gasteiger partial charge in [-0.1, -0.05) is 18.2 Å². The van der Waals surface area contributed by atoms with E-state index < -0.39 is 11.7 Å². The van der Waals surface area contributed by atoms with Gasteiger partial charge in [0.2, 0.25) is 0 Å². The molecule has 0 heterocycles. The predicted molar refractivity (Wildman–Crippen MR) is 69.0 cm³/mol. The lowest BCUT2D eigenvalue weighted by atomic mass is 10.1. The number of rotatable bonds is 6. The first kappa shape index (κ1) is 16.5. The average molecular weight is 289 g/mol. The largest absolute Gasteiger partial charge is 0.466 e. The van der Waals surface area contributed by atoms with Crippen LogP contribution in [-0.2, 0) is 22.3 Å². The highest BCUT2D eigenvalue weighted by Crippen LogP contribution is 2.32. The summed E-state index contributed by atoms with van der Waals surface area (Å²) in [6, 6.07) is 5.45. The van der Waals surface area contributed by atoms with Gasteiger partial charge < -0.3 is 9.64 Å². The lowest BCUT2D eigenvalue weighted by molar-refractivity contribution is -0.143. The van der Waals surface area contributed by atoms with Crippen molar-refractivity contribution in [2.24, 2.45) is 0 Å². The summed E-state index contributed by atoms with van der Waals surface area (Å²) in [4.78, 5) is 12.9. The summed E-state index contributed by atoms with van der Waals surface area (Å²) >= 11 is 0. The van der Waals surface area contributed by atoms with E-state index in [1.54, 1.807) is 24.9 Å². The summed E-state index contributed by atoms with van der Waals surface area (Å²) in [6.45, 7) is 2.50. The molecule has 0 spiro atoms. The number of hydrogen-bond donors (Lipinski definition) is 0. The van der Waals surface area contributed by atoms with Crippen molar-refractivity contribution in [3.8, 4) is 0 Å². The molecule has 0 N–H and O–H groups in total. The van der Waals surface area contributed by atoms with Gasteiger partial charge in [-0.15, -0.1) is 0 Å². The molecular formula is C14H18F3NO2. The molecule has 0 aliphatic rings. The van der Waals surface area contributed by atoms with Crippen molar-refractivity contribution >= 4 is 5.97 Å². The molecule has 1 aromatic rings. The Morgan fingerprint density at radius 2 is 1.95 bits per heavy atom. The van der Waals surface area contributed by atoms with Crippen LogP contribution in [0, 0.1) is 0 Å². The van der Waals surface area contributed by atoms with Crippen molar-refractivity contribution < 1.29 is 22.7 Å². The number of carbonyl (C=O) groups excluding carboxylic acids is 1. The molecule has 0 amide bonds. The maximum Gasteiger partial charge on any atom is 0.416 e. The van der Waals surface area contributed by atoms with E-state index in [9.17, 15) is 18.0 Å². The monoisotopic (exact) mass is 289 g/mol. The van der Waals surface area contributed by atoms with Gasteiger partial charge in [-0.2, -0.15) is 13.2 Å². The SMILES string of the molecule is CCOC(=O)CCN(C)Cc1ccccc1C(F)(F)F. The van der Waals surface area contributed by atoms with E-state index in [1.165, 1.54) is 12.1 Å². The Labute approximate surface area is 116 Å². The van der Waals surface area contributed by atoms with Crippen molar-refractivity contribution in [2.75, 3.05) is 20.2 Å². The number of nitrogens with zero attached hydrogens (tertiary/aromatic N) is 1. The lowest BCUT2D eigenvalue weighted by Gasteiger charge is -2.19. The van der Waals surface area contributed by atoms with Crippen molar-refractivity contribution in [1.82, 2.24) is 4.90 Å². The first-order valence-corrected chi connectivity index (χ1v) is 6.34. The van der Waals surface area contributed by atoms with Crippen molar-refractivity contribution in [1.29, 1.82) is 0 Å². The maximum atomic E-state index is 12.8. The van der Waals surface area contributed by atoms with Gasteiger partial charge in [-0.3, -0.25) is 4.79 Å². The van der Waals surface area contributed by atoms with Crippen LogP contribution in [-0.4, -0.2) is 31.1 Å². The van der Waals surface area contributed by atoms with Crippen LogP contribution in [0.25, 0.3) is 0 Å². The Morgan fingerprint density at radius 1 is 1.30 bits per heavy atom. The van der Waals surface area contributed by atoms with Gasteiger partial charge in [0, 0.05) is 13.1 Å². The Balaban J connectivity index is 2.62. The Hall–Kier alpha value is -1.56. The highest BCUT2D eigenvalue weighted by molar-refractivity contribution is 5.69. The first-order valence-electron chi connectivity index (χ1n) is 6.34. The molecule has 0 radical (unpaired) electrons. The molecule has 0 unspecified atom stereocenters. The predicted octanol–water partition coefficient (Wildman–Crippen LogP) is 3.09. The highest BCUT2D eigenvalue weighted by atomic mass is 19.4. The minimum absolute atomic E-state index is 0.134. The van der Waals surface area contributed by atoms with E-state index in [1.807, 2.05) is 0 Å². The molecule has 0 aliphatic carbocycles. The number of alkyl halides is 3. The van der Waals surface area contributed by atoms with E-state index in [0.29, 0.717) is 13.2 Å². The normalized spacial score (nSPS) is 11.7. The van der Waals surface area contributed by atoms with E-state index in [0.717, 1.165) is 6.07 Å². The van der Waals surface area contributed by atoms with Crippen LogP contribution < -0.4 is 0 Å². The highest BCUT2D eigenvalue weighted by Gasteiger charge is 2.32. The summed E-state index contributed by atoms with van der Waals surface area (Å²) in [5.41, 5.74) is -0.436. The molecule has 1 aromatic carbocycles. The smallest absolute Gasteiger partial charge is 0.416 e. The first-order chi connectivity index (χ1) is 9.34. The molecule has 20 heavy (non-hydrogen) atoms. The Bertz CT molecular complexity index is 446. The molecule has 1 rings (SSSR count). The molecule has 6 heteroatoms. The molecule has 0 atom stereocenters. The van der Waals surface area contributed by atoms with Crippen LogP contribution in [0.4, 0.5) is 13.2 Å². The third kappa shape index (κ3) is 5.21. The summed E-state index contributed by atoms with van der Waals surface area (Å²) in [7, 11) is 1.67. The number of hydrogen-bond acceptors (Lipinski definition) is 3. The third-order valence-electron chi connectivity index (χ3n) is 2.77. The molecule has 0 saturated carbocycles. The fourth-order valence-electron chi connectivity index (χ4n) is 1.82. The number of esters is 1. The zero-order chi connectivity index (χ0) is 15.2. The van der Waals surface area contributed by atoms with E-state index in [4.69, 9.17) is 4.74 Å². The molecule has 0 bridgehead atoms. The molecule has 0 saturated heterocycles. The fraction of sp³-hybridized carbons (Fsp3) is 0.500. The zero-order valence-electron chi connectivity index (χ0n) is 11.5. The third-order valence-corrected chi connectivity index (χ3v) is 2.77. The molecule has 112 valence electrons. The zero-order valence-corrected chi connectivity index (χ0v) is 11.5. The van der Waals surface area contributed by atoms with Crippen molar-refractivity contribution in [3.63, 3.8) is 0 Å². The number of carbonyl (C=O) groups is 1. The summed E-state index contributed by atoms with van der Waals surface area (Å²) in [5.74, 6) is -0.344. The van der Waals surface area contributed by atoms with Gasteiger partial charge >= 0.3 is 12.1 Å². The number of ether oxygens (including phenoxy) is 1. The van der Waals surface area contributed by atoms with Crippen LogP contribution in [0.1, 0.15) is 24.5 Å². The Morgan fingerprint density at radius 3 is 2.55 bits per heavy atom. The molecule has 0 aliphatic heterocycles. The fourth-order valence-corrected chi connectivity index (χ4v) is 1.82. The summed E-state index contributed by atoms with van der Waals surface area (Å²) in [5, 5.41) is 0. The molecule has 0 aromatic heterocycles. The van der Waals surface area contributed by atoms with Gasteiger partial charge in [-0.25, -0.2) is 0 Å². The average Bonchev–Trinajstić information content (AvgIpc) is 2.36. The second kappa shape index (κ2) is 7.28. The standard InChI is InChI=1S/C14H18F3NO2/c1-3-20-13(19)8-9-18(2)10-11-6-4-5-7-12(11)14(15,16)17/h4-7H,3,8-10H2,1-2H3. The van der Waals surface area contributed by atoms with E-state index in [-0.39, 0.29) is 24.5 Å². The van der Waals surface area contributed by atoms with E-state index >= 15 is 0 Å². The molecule has 0 fully saturated rings. The minimum Gasteiger partial charge on any atom is -0.466 e. The van der Waals surface area contributed by atoms with Crippen LogP contribution in [0.5, 0.6) is 0 Å². The van der Waals surface area contributed by atoms with Gasteiger partial charge in [-0.05, 0) is 25.6 Å². The van der Waals surface area contributed by atoms with Crippen molar-refractivity contribution in [3.05, 3.63) is 35.4 Å². The van der Waals surface area contributed by atoms with Gasteiger partial charge in [0.05, 0.1) is 18.6 Å². The van der Waals surface area contributed by atoms with Crippen LogP contribution in [0.2, 0.25) is 0 Å². The Kier molecular flexibility index (Phi) is 6.01. The topological polar surface area (TPSA) is 29.5 Å². The van der Waals surface area contributed by atoms with Gasteiger partial charge in [0.1, 0.15) is 0 Å². The molecule has 3 nitrogen and oxygen atoms in total. The second-order valence-corrected chi connectivity index (χ2v) is 4.45. The minimum atomic E-state index is -4.36. The second-order valence-electron chi connectivity index (χ2n) is 4.45. The van der Waals surface area contributed by atoms with Crippen LogP contribution in [0.3, 0.4) is 0 Å². The van der Waals surface area contributed by atoms with Crippen LogP contribution in [0.15, 0.2) is 24.3 Å². The maximum absolute atomic E-state index is 12.8. The number of halogens is 3. The lowest BCUT2D eigenvalue weighted by Crippen LogP contribution is -2.24. The van der Waals surface area contributed by atoms with Gasteiger partial charge in [0.25, 0.3) is 0 Å². The quantitative estimate of drug-likeness (QED) is 0.754. The molecular weight excluding hydrogens is 271 g/mol.